The van der Waals surface area contributed by atoms with Crippen molar-refractivity contribution in [3.8, 4) is 5.75 Å². The average Bonchev–Trinajstić information content (AvgIpc) is 2.44. The van der Waals surface area contributed by atoms with Crippen molar-refractivity contribution in [3.63, 3.8) is 0 Å². The number of carbonyl (C=O) groups excluding carboxylic acids is 1. The first-order valence-corrected chi connectivity index (χ1v) is 5.87. The van der Waals surface area contributed by atoms with Crippen molar-refractivity contribution in [3.05, 3.63) is 42.0 Å². The third kappa shape index (κ3) is 2.36. The van der Waals surface area contributed by atoms with Crippen molar-refractivity contribution in [2.75, 3.05) is 13.7 Å². The minimum Gasteiger partial charge on any atom is -0.497 e. The fraction of sp³-hybridized carbons (Fsp3) is 0.267. The molecule has 1 unspecified atom stereocenters. The maximum absolute atomic E-state index is 11.5. The van der Waals surface area contributed by atoms with Gasteiger partial charge in [-0.15, -0.1) is 0 Å². The Morgan fingerprint density at radius 1 is 1.22 bits per heavy atom. The zero-order valence-corrected chi connectivity index (χ0v) is 10.5. The van der Waals surface area contributed by atoms with Gasteiger partial charge in [0.25, 0.3) is 0 Å². The Balaban J connectivity index is 2.42. The van der Waals surface area contributed by atoms with Crippen LogP contribution in [0.3, 0.4) is 0 Å². The van der Waals surface area contributed by atoms with E-state index in [1.165, 1.54) is 0 Å². The van der Waals surface area contributed by atoms with Gasteiger partial charge in [0, 0.05) is 5.92 Å². The standard InChI is InChI=1S/C15H16O3/c1-10(15(17)9-16)11-3-4-13-8-14(18-2)6-5-12(13)7-11/h3-8,10,16H,9H2,1-2H3. The van der Waals surface area contributed by atoms with Crippen LogP contribution in [0.25, 0.3) is 10.8 Å². The Morgan fingerprint density at radius 3 is 2.56 bits per heavy atom. The van der Waals surface area contributed by atoms with Crippen LogP contribution >= 0.6 is 0 Å². The second-order valence-corrected chi connectivity index (χ2v) is 4.32. The van der Waals surface area contributed by atoms with Gasteiger partial charge in [-0.1, -0.05) is 31.2 Å². The van der Waals surface area contributed by atoms with E-state index >= 15 is 0 Å². The van der Waals surface area contributed by atoms with Crippen LogP contribution in [0, 0.1) is 0 Å². The van der Waals surface area contributed by atoms with Crippen LogP contribution in [0.5, 0.6) is 5.75 Å². The van der Waals surface area contributed by atoms with Crippen molar-refractivity contribution in [1.29, 1.82) is 0 Å². The molecule has 0 aliphatic carbocycles. The van der Waals surface area contributed by atoms with Gasteiger partial charge >= 0.3 is 0 Å². The molecule has 2 aromatic carbocycles. The molecule has 1 N–H and O–H groups in total. The van der Waals surface area contributed by atoms with Crippen LogP contribution in [-0.4, -0.2) is 24.6 Å². The number of aliphatic hydroxyl groups is 1. The first kappa shape index (κ1) is 12.6. The highest BCUT2D eigenvalue weighted by molar-refractivity contribution is 5.89. The quantitative estimate of drug-likeness (QED) is 0.898. The second-order valence-electron chi connectivity index (χ2n) is 4.32. The predicted octanol–water partition coefficient (Wildman–Crippen LogP) is 2.51. The van der Waals surface area contributed by atoms with Gasteiger partial charge < -0.3 is 9.84 Å². The normalized spacial score (nSPS) is 12.4. The summed E-state index contributed by atoms with van der Waals surface area (Å²) in [5, 5.41) is 11.0. The van der Waals surface area contributed by atoms with Crippen LogP contribution in [0.4, 0.5) is 0 Å². The molecule has 0 aliphatic heterocycles. The molecule has 0 radical (unpaired) electrons. The van der Waals surface area contributed by atoms with Gasteiger partial charge in [0.15, 0.2) is 5.78 Å². The van der Waals surface area contributed by atoms with Crippen LogP contribution in [-0.2, 0) is 4.79 Å². The minimum absolute atomic E-state index is 0.164. The Morgan fingerprint density at radius 2 is 1.89 bits per heavy atom. The molecule has 0 aromatic heterocycles. The summed E-state index contributed by atoms with van der Waals surface area (Å²) in [6, 6.07) is 11.7. The van der Waals surface area contributed by atoms with Gasteiger partial charge in [-0.2, -0.15) is 0 Å². The average molecular weight is 244 g/mol. The monoisotopic (exact) mass is 244 g/mol. The number of aliphatic hydroxyl groups excluding tert-OH is 1. The fourth-order valence-corrected chi connectivity index (χ4v) is 1.96. The number of ether oxygens (including phenoxy) is 1. The molecule has 0 saturated heterocycles. The highest BCUT2D eigenvalue weighted by atomic mass is 16.5. The predicted molar refractivity (Wildman–Crippen MR) is 71.0 cm³/mol. The Bertz CT molecular complexity index is 575. The molecule has 18 heavy (non-hydrogen) atoms. The third-order valence-corrected chi connectivity index (χ3v) is 3.21. The number of carbonyl (C=O) groups is 1. The van der Waals surface area contributed by atoms with Crippen molar-refractivity contribution >= 4 is 16.6 Å². The summed E-state index contributed by atoms with van der Waals surface area (Å²) < 4.78 is 5.17. The molecule has 94 valence electrons. The van der Waals surface area contributed by atoms with Crippen LogP contribution < -0.4 is 4.74 Å². The molecule has 0 heterocycles. The lowest BCUT2D eigenvalue weighted by Gasteiger charge is -2.10. The fourth-order valence-electron chi connectivity index (χ4n) is 1.96. The molecule has 0 fully saturated rings. The summed E-state index contributed by atoms with van der Waals surface area (Å²) in [5.41, 5.74) is 0.923. The largest absolute Gasteiger partial charge is 0.497 e. The maximum Gasteiger partial charge on any atom is 0.165 e. The van der Waals surface area contributed by atoms with Gasteiger partial charge in [0.05, 0.1) is 7.11 Å². The number of hydrogen-bond acceptors (Lipinski definition) is 3. The van der Waals surface area contributed by atoms with E-state index in [1.807, 2.05) is 43.3 Å². The first-order chi connectivity index (χ1) is 8.65. The smallest absolute Gasteiger partial charge is 0.165 e. The Labute approximate surface area is 106 Å². The van der Waals surface area contributed by atoms with Gasteiger partial charge in [0.1, 0.15) is 12.4 Å². The summed E-state index contributed by atoms with van der Waals surface area (Å²) in [7, 11) is 1.64. The molecular weight excluding hydrogens is 228 g/mol. The number of benzene rings is 2. The number of methoxy groups -OCH3 is 1. The zero-order chi connectivity index (χ0) is 13.1. The molecule has 0 spiro atoms. The number of hydrogen-bond donors (Lipinski definition) is 1. The highest BCUT2D eigenvalue weighted by Gasteiger charge is 2.14. The summed E-state index contributed by atoms with van der Waals surface area (Å²) in [4.78, 5) is 11.5. The lowest BCUT2D eigenvalue weighted by molar-refractivity contribution is -0.122. The highest BCUT2D eigenvalue weighted by Crippen LogP contribution is 2.25. The van der Waals surface area contributed by atoms with Crippen LogP contribution in [0.2, 0.25) is 0 Å². The van der Waals surface area contributed by atoms with E-state index in [9.17, 15) is 4.79 Å². The van der Waals surface area contributed by atoms with E-state index < -0.39 is 6.61 Å². The zero-order valence-electron chi connectivity index (χ0n) is 10.5. The van der Waals surface area contributed by atoms with Crippen LogP contribution in [0.1, 0.15) is 18.4 Å². The van der Waals surface area contributed by atoms with Gasteiger partial charge in [-0.3, -0.25) is 4.79 Å². The number of ketones is 1. The lowest BCUT2D eigenvalue weighted by atomic mass is 9.94. The molecule has 0 amide bonds. The van der Waals surface area contributed by atoms with E-state index in [4.69, 9.17) is 9.84 Å². The number of Topliss-reactive ketones (excluding diaryl/α,β-unsaturated/α-hetero) is 1. The maximum atomic E-state index is 11.5. The molecular formula is C15H16O3. The Hall–Kier alpha value is -1.87. The molecule has 0 saturated carbocycles. The van der Waals surface area contributed by atoms with Crippen LogP contribution in [0.15, 0.2) is 36.4 Å². The number of fused-ring (bicyclic) bond motifs is 1. The molecule has 1 atom stereocenters. The molecule has 0 bridgehead atoms. The van der Waals surface area contributed by atoms with E-state index in [0.717, 1.165) is 22.1 Å². The van der Waals surface area contributed by atoms with Crippen molar-refractivity contribution in [2.24, 2.45) is 0 Å². The van der Waals surface area contributed by atoms with E-state index in [-0.39, 0.29) is 11.7 Å². The molecule has 2 rings (SSSR count). The van der Waals surface area contributed by atoms with E-state index in [0.29, 0.717) is 0 Å². The van der Waals surface area contributed by atoms with E-state index in [2.05, 4.69) is 0 Å². The summed E-state index contributed by atoms with van der Waals surface area (Å²) in [5.74, 6) is 0.374. The lowest BCUT2D eigenvalue weighted by Crippen LogP contribution is -2.12. The van der Waals surface area contributed by atoms with Crippen molar-refractivity contribution < 1.29 is 14.6 Å². The SMILES string of the molecule is COc1ccc2cc(C(C)C(=O)CO)ccc2c1. The van der Waals surface area contributed by atoms with E-state index in [1.54, 1.807) is 7.11 Å². The summed E-state index contributed by atoms with van der Waals surface area (Å²) in [6.45, 7) is 1.39. The topological polar surface area (TPSA) is 46.5 Å². The summed E-state index contributed by atoms with van der Waals surface area (Å²) >= 11 is 0. The molecule has 3 heteroatoms. The summed E-state index contributed by atoms with van der Waals surface area (Å²) in [6.07, 6.45) is 0. The van der Waals surface area contributed by atoms with Crippen molar-refractivity contribution in [2.45, 2.75) is 12.8 Å². The minimum atomic E-state index is -0.415. The number of rotatable bonds is 4. The molecule has 3 nitrogen and oxygen atoms in total. The van der Waals surface area contributed by atoms with Gasteiger partial charge in [-0.05, 0) is 28.5 Å². The van der Waals surface area contributed by atoms with Crippen molar-refractivity contribution in [1.82, 2.24) is 0 Å². The van der Waals surface area contributed by atoms with Gasteiger partial charge in [0.2, 0.25) is 0 Å². The van der Waals surface area contributed by atoms with Gasteiger partial charge in [-0.25, -0.2) is 0 Å². The molecule has 0 aliphatic rings. The third-order valence-electron chi connectivity index (χ3n) is 3.21. The molecule has 2 aromatic rings. The Kier molecular flexibility index (Phi) is 3.63. The first-order valence-electron chi connectivity index (χ1n) is 5.87. The second kappa shape index (κ2) is 5.19.